The van der Waals surface area contributed by atoms with Crippen molar-refractivity contribution in [2.45, 2.75) is 0 Å². The number of aliphatic imine (C=N–C) groups is 1. The normalized spacial score (nSPS) is 13.8. The molecule has 2 amide bonds. The second kappa shape index (κ2) is 4.97. The Bertz CT molecular complexity index is 603. The van der Waals surface area contributed by atoms with Crippen LogP contribution in [0.15, 0.2) is 35.0 Å². The van der Waals surface area contributed by atoms with Gasteiger partial charge < -0.3 is 11.1 Å². The first-order valence-corrected chi connectivity index (χ1v) is 5.31. The number of hydrogen-bond acceptors (Lipinski definition) is 3. The maximum Gasteiger partial charge on any atom is 0.269 e. The van der Waals surface area contributed by atoms with E-state index in [9.17, 15) is 18.4 Å². The van der Waals surface area contributed by atoms with Gasteiger partial charge in [-0.15, -0.1) is 0 Å². The minimum atomic E-state index is -1.00. The molecular formula is C12H9F2N3O2. The van der Waals surface area contributed by atoms with Gasteiger partial charge in [0.1, 0.15) is 22.9 Å². The Labute approximate surface area is 106 Å². The minimum Gasteiger partial charge on any atom is -0.364 e. The van der Waals surface area contributed by atoms with Gasteiger partial charge in [-0.05, 0) is 18.2 Å². The molecule has 5 nitrogen and oxygen atoms in total. The van der Waals surface area contributed by atoms with Gasteiger partial charge in [0.25, 0.3) is 11.8 Å². The molecule has 1 aliphatic heterocycles. The quantitative estimate of drug-likeness (QED) is 0.834. The molecule has 7 heteroatoms. The van der Waals surface area contributed by atoms with Gasteiger partial charge >= 0.3 is 0 Å². The molecule has 0 aliphatic carbocycles. The number of primary amides is 1. The molecule has 1 aromatic rings. The molecule has 98 valence electrons. The lowest BCUT2D eigenvalue weighted by Gasteiger charge is -2.08. The van der Waals surface area contributed by atoms with E-state index in [0.717, 1.165) is 18.2 Å². The van der Waals surface area contributed by atoms with Crippen molar-refractivity contribution in [2.24, 2.45) is 10.7 Å². The molecule has 0 bridgehead atoms. The van der Waals surface area contributed by atoms with Crippen LogP contribution in [-0.2, 0) is 4.79 Å². The van der Waals surface area contributed by atoms with Crippen molar-refractivity contribution in [2.75, 3.05) is 6.54 Å². The standard InChI is InChI=1S/C12H9F2N3O2/c13-6-2-1-3-7(14)9(6)12(19)17-8-4-5-16-10(8)11(15)18/h1-4H,5H2,(H2,15,18)(H,17,19). The molecule has 0 saturated carbocycles. The highest BCUT2D eigenvalue weighted by molar-refractivity contribution is 6.45. The van der Waals surface area contributed by atoms with Gasteiger partial charge in [-0.3, -0.25) is 14.6 Å². The lowest BCUT2D eigenvalue weighted by molar-refractivity contribution is -0.111. The van der Waals surface area contributed by atoms with Crippen LogP contribution in [0.5, 0.6) is 0 Å². The Kier molecular flexibility index (Phi) is 3.37. The molecule has 0 spiro atoms. The highest BCUT2D eigenvalue weighted by Gasteiger charge is 2.23. The smallest absolute Gasteiger partial charge is 0.269 e. The highest BCUT2D eigenvalue weighted by Crippen LogP contribution is 2.13. The van der Waals surface area contributed by atoms with E-state index in [0.29, 0.717) is 0 Å². The Morgan fingerprint density at radius 2 is 1.89 bits per heavy atom. The second-order valence-corrected chi connectivity index (χ2v) is 3.72. The molecule has 0 saturated heterocycles. The molecule has 0 radical (unpaired) electrons. The summed E-state index contributed by atoms with van der Waals surface area (Å²) in [5.41, 5.74) is 4.26. The summed E-state index contributed by atoms with van der Waals surface area (Å²) in [7, 11) is 0. The summed E-state index contributed by atoms with van der Waals surface area (Å²) < 4.78 is 26.8. The van der Waals surface area contributed by atoms with Crippen LogP contribution in [0.4, 0.5) is 8.78 Å². The first-order valence-electron chi connectivity index (χ1n) is 5.31. The van der Waals surface area contributed by atoms with Crippen molar-refractivity contribution in [3.05, 3.63) is 47.2 Å². The van der Waals surface area contributed by atoms with Crippen molar-refractivity contribution in [3.63, 3.8) is 0 Å². The monoisotopic (exact) mass is 265 g/mol. The third-order valence-corrected chi connectivity index (χ3v) is 2.47. The van der Waals surface area contributed by atoms with Crippen LogP contribution < -0.4 is 11.1 Å². The van der Waals surface area contributed by atoms with E-state index in [1.54, 1.807) is 0 Å². The summed E-state index contributed by atoms with van der Waals surface area (Å²) in [5, 5.41) is 2.22. The lowest BCUT2D eigenvalue weighted by Crippen LogP contribution is -2.34. The van der Waals surface area contributed by atoms with E-state index in [2.05, 4.69) is 10.3 Å². The van der Waals surface area contributed by atoms with Gasteiger partial charge in [0, 0.05) is 0 Å². The summed E-state index contributed by atoms with van der Waals surface area (Å²) in [4.78, 5) is 26.5. The highest BCUT2D eigenvalue weighted by atomic mass is 19.1. The summed E-state index contributed by atoms with van der Waals surface area (Å²) in [6.07, 6.45) is 1.43. The van der Waals surface area contributed by atoms with Crippen LogP contribution in [0.1, 0.15) is 10.4 Å². The third kappa shape index (κ3) is 2.49. The Hall–Kier alpha value is -2.57. The fourth-order valence-corrected chi connectivity index (χ4v) is 1.63. The topological polar surface area (TPSA) is 84.6 Å². The van der Waals surface area contributed by atoms with Crippen LogP contribution in [0, 0.1) is 11.6 Å². The maximum absolute atomic E-state index is 13.4. The van der Waals surface area contributed by atoms with E-state index in [1.165, 1.54) is 6.08 Å². The number of hydrogen-bond donors (Lipinski definition) is 2. The Balaban J connectivity index is 2.24. The molecule has 0 unspecified atom stereocenters. The largest absolute Gasteiger partial charge is 0.364 e. The number of carbonyl (C=O) groups excluding carboxylic acids is 2. The van der Waals surface area contributed by atoms with Crippen molar-refractivity contribution in [1.82, 2.24) is 5.32 Å². The first kappa shape index (κ1) is 12.9. The Morgan fingerprint density at radius 3 is 2.47 bits per heavy atom. The number of nitrogens with two attached hydrogens (primary N) is 1. The summed E-state index contributed by atoms with van der Waals surface area (Å²) in [6, 6.07) is 3.07. The molecule has 0 fully saturated rings. The van der Waals surface area contributed by atoms with Crippen LogP contribution in [0.2, 0.25) is 0 Å². The predicted octanol–water partition coefficient (Wildman–Crippen LogP) is 0.518. The van der Waals surface area contributed by atoms with E-state index in [4.69, 9.17) is 5.73 Å². The molecule has 3 N–H and O–H groups in total. The fourth-order valence-electron chi connectivity index (χ4n) is 1.63. The molecule has 1 aliphatic rings. The van der Waals surface area contributed by atoms with Gasteiger partial charge in [-0.1, -0.05) is 6.07 Å². The van der Waals surface area contributed by atoms with Crippen molar-refractivity contribution in [1.29, 1.82) is 0 Å². The van der Waals surface area contributed by atoms with E-state index in [1.807, 2.05) is 0 Å². The van der Waals surface area contributed by atoms with Crippen LogP contribution in [0.25, 0.3) is 0 Å². The van der Waals surface area contributed by atoms with Crippen molar-refractivity contribution in [3.8, 4) is 0 Å². The zero-order valence-electron chi connectivity index (χ0n) is 9.61. The zero-order valence-corrected chi connectivity index (χ0v) is 9.61. The Morgan fingerprint density at radius 1 is 1.26 bits per heavy atom. The van der Waals surface area contributed by atoms with E-state index < -0.39 is 29.0 Å². The lowest BCUT2D eigenvalue weighted by atomic mass is 10.1. The van der Waals surface area contributed by atoms with Crippen molar-refractivity contribution < 1.29 is 18.4 Å². The molecule has 19 heavy (non-hydrogen) atoms. The van der Waals surface area contributed by atoms with Crippen LogP contribution >= 0.6 is 0 Å². The number of halogens is 2. The van der Waals surface area contributed by atoms with E-state index >= 15 is 0 Å². The summed E-state index contributed by atoms with van der Waals surface area (Å²) in [6.45, 7) is 0.174. The molecular weight excluding hydrogens is 256 g/mol. The third-order valence-electron chi connectivity index (χ3n) is 2.47. The maximum atomic E-state index is 13.4. The zero-order chi connectivity index (χ0) is 14.0. The molecule has 1 heterocycles. The van der Waals surface area contributed by atoms with Crippen LogP contribution in [0.3, 0.4) is 0 Å². The van der Waals surface area contributed by atoms with Gasteiger partial charge in [0.2, 0.25) is 0 Å². The van der Waals surface area contributed by atoms with Gasteiger partial charge in [0.05, 0.1) is 12.2 Å². The van der Waals surface area contributed by atoms with Crippen LogP contribution in [-0.4, -0.2) is 24.1 Å². The molecule has 2 rings (SSSR count). The second-order valence-electron chi connectivity index (χ2n) is 3.72. The molecule has 0 aromatic heterocycles. The predicted molar refractivity (Wildman–Crippen MR) is 63.4 cm³/mol. The average molecular weight is 265 g/mol. The number of carbonyl (C=O) groups is 2. The van der Waals surface area contributed by atoms with Gasteiger partial charge in [0.15, 0.2) is 0 Å². The number of benzene rings is 1. The van der Waals surface area contributed by atoms with E-state index in [-0.39, 0.29) is 18.0 Å². The average Bonchev–Trinajstić information content (AvgIpc) is 2.76. The minimum absolute atomic E-state index is 0.0557. The summed E-state index contributed by atoms with van der Waals surface area (Å²) >= 11 is 0. The number of rotatable bonds is 3. The fraction of sp³-hybridized carbons (Fsp3) is 0.0833. The molecule has 1 aromatic carbocycles. The summed E-state index contributed by atoms with van der Waals surface area (Å²) in [5.74, 6) is -3.81. The number of amides is 2. The number of nitrogens with one attached hydrogen (secondary N) is 1. The van der Waals surface area contributed by atoms with Gasteiger partial charge in [-0.2, -0.15) is 0 Å². The SMILES string of the molecule is NC(=O)C1=NCC=C1NC(=O)c1c(F)cccc1F. The van der Waals surface area contributed by atoms with Crippen molar-refractivity contribution >= 4 is 17.5 Å². The van der Waals surface area contributed by atoms with Gasteiger partial charge in [-0.25, -0.2) is 8.78 Å². The first-order chi connectivity index (χ1) is 9.00. The number of nitrogens with zero attached hydrogens (tertiary/aromatic N) is 1. The molecule has 0 atom stereocenters.